The van der Waals surface area contributed by atoms with Crippen molar-refractivity contribution in [2.24, 2.45) is 11.7 Å². The highest BCUT2D eigenvalue weighted by Crippen LogP contribution is 2.21. The molecule has 2 rings (SSSR count). The maximum absolute atomic E-state index is 12.2. The Bertz CT molecular complexity index is 708. The smallest absolute Gasteiger partial charge is 0.277 e. The van der Waals surface area contributed by atoms with Crippen LogP contribution in [-0.2, 0) is 0 Å². The van der Waals surface area contributed by atoms with Gasteiger partial charge in [-0.3, -0.25) is 14.8 Å². The Balaban J connectivity index is 2.25. The molecule has 0 aliphatic carbocycles. The van der Waals surface area contributed by atoms with E-state index in [-0.39, 0.29) is 12.5 Å². The Labute approximate surface area is 135 Å². The fourth-order valence-electron chi connectivity index (χ4n) is 2.24. The third-order valence-corrected chi connectivity index (χ3v) is 3.38. The zero-order chi connectivity index (χ0) is 17.0. The maximum atomic E-state index is 12.2. The molecule has 5 heteroatoms. The SMILES string of the molecule is CC(C)CN(O)C(=O)c1cccc(-c2ccc(C(N)=O)cc2)c1. The van der Waals surface area contributed by atoms with Gasteiger partial charge in [0.1, 0.15) is 0 Å². The van der Waals surface area contributed by atoms with Crippen LogP contribution in [0.3, 0.4) is 0 Å². The molecule has 0 unspecified atom stereocenters. The molecular formula is C18H20N2O3. The van der Waals surface area contributed by atoms with Crippen molar-refractivity contribution in [3.8, 4) is 11.1 Å². The van der Waals surface area contributed by atoms with Crippen LogP contribution in [0, 0.1) is 5.92 Å². The Kier molecular flexibility index (Phi) is 5.13. The standard InChI is InChI=1S/C18H20N2O3/c1-12(2)11-20(23)18(22)16-5-3-4-15(10-16)13-6-8-14(9-7-13)17(19)21/h3-10,12,23H,11H2,1-2H3,(H2,19,21). The highest BCUT2D eigenvalue weighted by Gasteiger charge is 2.15. The zero-order valence-corrected chi connectivity index (χ0v) is 13.2. The van der Waals surface area contributed by atoms with Crippen molar-refractivity contribution in [1.82, 2.24) is 5.06 Å². The molecule has 2 amide bonds. The quantitative estimate of drug-likeness (QED) is 0.657. The average Bonchev–Trinajstić information content (AvgIpc) is 2.53. The fourth-order valence-corrected chi connectivity index (χ4v) is 2.24. The van der Waals surface area contributed by atoms with E-state index in [1.54, 1.807) is 42.5 Å². The van der Waals surface area contributed by atoms with Crippen molar-refractivity contribution in [2.45, 2.75) is 13.8 Å². The van der Waals surface area contributed by atoms with Gasteiger partial charge in [0.05, 0.1) is 6.54 Å². The summed E-state index contributed by atoms with van der Waals surface area (Å²) in [6, 6.07) is 13.8. The number of carbonyl (C=O) groups is 2. The number of hydrogen-bond donors (Lipinski definition) is 2. The summed E-state index contributed by atoms with van der Waals surface area (Å²) in [5.41, 5.74) is 7.74. The van der Waals surface area contributed by atoms with Crippen LogP contribution in [0.2, 0.25) is 0 Å². The van der Waals surface area contributed by atoms with Crippen LogP contribution in [0.5, 0.6) is 0 Å². The molecule has 0 aliphatic rings. The van der Waals surface area contributed by atoms with Gasteiger partial charge in [-0.25, -0.2) is 5.06 Å². The summed E-state index contributed by atoms with van der Waals surface area (Å²) in [4.78, 5) is 23.3. The van der Waals surface area contributed by atoms with E-state index in [0.29, 0.717) is 11.1 Å². The van der Waals surface area contributed by atoms with Crippen molar-refractivity contribution >= 4 is 11.8 Å². The lowest BCUT2D eigenvalue weighted by Gasteiger charge is -2.17. The normalized spacial score (nSPS) is 10.6. The van der Waals surface area contributed by atoms with Gasteiger partial charge in [-0.05, 0) is 41.3 Å². The van der Waals surface area contributed by atoms with E-state index in [4.69, 9.17) is 5.73 Å². The molecule has 0 saturated carbocycles. The van der Waals surface area contributed by atoms with Crippen molar-refractivity contribution in [2.75, 3.05) is 6.54 Å². The highest BCUT2D eigenvalue weighted by atomic mass is 16.5. The number of nitrogens with two attached hydrogens (primary N) is 1. The minimum absolute atomic E-state index is 0.175. The van der Waals surface area contributed by atoms with Gasteiger partial charge in [0.25, 0.3) is 5.91 Å². The molecule has 3 N–H and O–H groups in total. The lowest BCUT2D eigenvalue weighted by Crippen LogP contribution is -2.30. The van der Waals surface area contributed by atoms with Gasteiger partial charge >= 0.3 is 0 Å². The first-order valence-corrected chi connectivity index (χ1v) is 7.39. The topological polar surface area (TPSA) is 83.6 Å². The second kappa shape index (κ2) is 7.07. The van der Waals surface area contributed by atoms with Crippen LogP contribution in [-0.4, -0.2) is 28.6 Å². The Morgan fingerprint density at radius 3 is 2.26 bits per heavy atom. The third kappa shape index (κ3) is 4.17. The highest BCUT2D eigenvalue weighted by molar-refractivity contribution is 5.95. The monoisotopic (exact) mass is 312 g/mol. The minimum atomic E-state index is -0.481. The van der Waals surface area contributed by atoms with Crippen LogP contribution in [0.25, 0.3) is 11.1 Å². The summed E-state index contributed by atoms with van der Waals surface area (Å²) in [5, 5.41) is 10.6. The molecule has 0 heterocycles. The Morgan fingerprint density at radius 2 is 1.70 bits per heavy atom. The summed E-state index contributed by atoms with van der Waals surface area (Å²) < 4.78 is 0. The molecule has 0 radical (unpaired) electrons. The van der Waals surface area contributed by atoms with E-state index in [9.17, 15) is 14.8 Å². The predicted octanol–water partition coefficient (Wildman–Crippen LogP) is 2.94. The van der Waals surface area contributed by atoms with E-state index >= 15 is 0 Å². The van der Waals surface area contributed by atoms with Gasteiger partial charge in [0.2, 0.25) is 5.91 Å². The summed E-state index contributed by atoms with van der Waals surface area (Å²) in [5.74, 6) is -0.743. The molecule has 23 heavy (non-hydrogen) atoms. The molecule has 120 valence electrons. The van der Waals surface area contributed by atoms with Gasteiger partial charge in [0, 0.05) is 11.1 Å². The Hall–Kier alpha value is -2.66. The molecule has 5 nitrogen and oxygen atoms in total. The van der Waals surface area contributed by atoms with Gasteiger partial charge in [-0.15, -0.1) is 0 Å². The van der Waals surface area contributed by atoms with E-state index in [0.717, 1.165) is 16.2 Å². The molecule has 0 atom stereocenters. The molecule has 0 aliphatic heterocycles. The molecule has 0 bridgehead atoms. The van der Waals surface area contributed by atoms with Gasteiger partial charge < -0.3 is 5.73 Å². The van der Waals surface area contributed by atoms with E-state index in [1.165, 1.54) is 0 Å². The van der Waals surface area contributed by atoms with E-state index in [1.807, 2.05) is 19.9 Å². The molecule has 0 aromatic heterocycles. The number of carbonyl (C=O) groups excluding carboxylic acids is 2. The van der Waals surface area contributed by atoms with Crippen molar-refractivity contribution in [3.05, 3.63) is 59.7 Å². The molecule has 0 fully saturated rings. The van der Waals surface area contributed by atoms with E-state index in [2.05, 4.69) is 0 Å². The van der Waals surface area contributed by atoms with E-state index < -0.39 is 11.8 Å². The van der Waals surface area contributed by atoms with Crippen LogP contribution in [0.1, 0.15) is 34.6 Å². The largest absolute Gasteiger partial charge is 0.366 e. The number of hydroxylamine groups is 2. The third-order valence-electron chi connectivity index (χ3n) is 3.38. The average molecular weight is 312 g/mol. The van der Waals surface area contributed by atoms with Crippen molar-refractivity contribution < 1.29 is 14.8 Å². The molecule has 0 spiro atoms. The van der Waals surface area contributed by atoms with Crippen molar-refractivity contribution in [1.29, 1.82) is 0 Å². The van der Waals surface area contributed by atoms with Gasteiger partial charge in [-0.2, -0.15) is 0 Å². The number of benzene rings is 2. The Morgan fingerprint density at radius 1 is 1.04 bits per heavy atom. The van der Waals surface area contributed by atoms with Gasteiger partial charge in [-0.1, -0.05) is 38.1 Å². The maximum Gasteiger partial charge on any atom is 0.277 e. The minimum Gasteiger partial charge on any atom is -0.366 e. The molecule has 2 aromatic rings. The lowest BCUT2D eigenvalue weighted by atomic mass is 10.0. The van der Waals surface area contributed by atoms with Crippen LogP contribution in [0.15, 0.2) is 48.5 Å². The summed E-state index contributed by atoms with van der Waals surface area (Å²) in [7, 11) is 0. The first-order valence-electron chi connectivity index (χ1n) is 7.39. The summed E-state index contributed by atoms with van der Waals surface area (Å²) in [6.07, 6.45) is 0. The number of hydrogen-bond acceptors (Lipinski definition) is 3. The summed E-state index contributed by atoms with van der Waals surface area (Å²) >= 11 is 0. The first-order chi connectivity index (χ1) is 10.9. The molecule has 0 saturated heterocycles. The predicted molar refractivity (Wildman–Crippen MR) is 88.1 cm³/mol. The second-order valence-electron chi connectivity index (χ2n) is 5.80. The van der Waals surface area contributed by atoms with Crippen LogP contribution in [0.4, 0.5) is 0 Å². The first kappa shape index (κ1) is 16.7. The number of nitrogens with zero attached hydrogens (tertiary/aromatic N) is 1. The number of amides is 2. The zero-order valence-electron chi connectivity index (χ0n) is 13.2. The van der Waals surface area contributed by atoms with Crippen molar-refractivity contribution in [3.63, 3.8) is 0 Å². The number of primary amides is 1. The lowest BCUT2D eigenvalue weighted by molar-refractivity contribution is -0.0647. The second-order valence-corrected chi connectivity index (χ2v) is 5.80. The molecule has 2 aromatic carbocycles. The van der Waals surface area contributed by atoms with Crippen LogP contribution < -0.4 is 5.73 Å². The fraction of sp³-hybridized carbons (Fsp3) is 0.222. The molecular weight excluding hydrogens is 292 g/mol. The van der Waals surface area contributed by atoms with Gasteiger partial charge in [0.15, 0.2) is 0 Å². The summed E-state index contributed by atoms with van der Waals surface area (Å²) in [6.45, 7) is 4.12. The van der Waals surface area contributed by atoms with Crippen LogP contribution >= 0.6 is 0 Å². The number of rotatable bonds is 5.